The first kappa shape index (κ1) is 23.6. The second kappa shape index (κ2) is 10.4. The molecule has 0 N–H and O–H groups in total. The summed E-state index contributed by atoms with van der Waals surface area (Å²) < 4.78 is 11.7. The number of hydrogen-bond acceptors (Lipinski definition) is 3. The van der Waals surface area contributed by atoms with E-state index in [0.29, 0.717) is 0 Å². The molecule has 0 amide bonds. The zero-order valence-electron chi connectivity index (χ0n) is 18.6. The molecule has 1 atom stereocenters. The van der Waals surface area contributed by atoms with Gasteiger partial charge in [-0.05, 0) is 27.9 Å². The zero-order valence-corrected chi connectivity index (χ0v) is 19.6. The molecule has 0 aliphatic rings. The van der Waals surface area contributed by atoms with Crippen LogP contribution in [0.5, 0.6) is 0 Å². The number of benzene rings is 2. The monoisotopic (exact) mass is 420 g/mol. The Hall–Kier alpha value is -2.69. The van der Waals surface area contributed by atoms with Gasteiger partial charge < -0.3 is 9.16 Å². The molecule has 30 heavy (non-hydrogen) atoms. The Bertz CT molecular complexity index is 853. The number of esters is 1. The molecule has 0 aliphatic heterocycles. The van der Waals surface area contributed by atoms with Crippen LogP contribution in [0.15, 0.2) is 97.1 Å². The standard InChI is InChI=1S/C26H32O3Si/c1-21(2)24(19-13-14-20-25(27)28-6)29-30(26(3,4)5,22-15-9-7-10-16-22)23-17-11-8-12-18-23/h7-20,24H,1H2,2-6H3/b19-13+,20-14+. The Morgan fingerprint density at radius 1 is 0.967 bits per heavy atom. The van der Waals surface area contributed by atoms with E-state index < -0.39 is 8.32 Å². The molecule has 2 rings (SSSR count). The summed E-state index contributed by atoms with van der Waals surface area (Å²) in [6.45, 7) is 12.9. The third-order valence-electron chi connectivity index (χ3n) is 5.04. The molecule has 0 bridgehead atoms. The van der Waals surface area contributed by atoms with Crippen molar-refractivity contribution in [2.24, 2.45) is 0 Å². The van der Waals surface area contributed by atoms with Crippen molar-refractivity contribution in [3.05, 3.63) is 97.1 Å². The second-order valence-electron chi connectivity index (χ2n) is 8.32. The van der Waals surface area contributed by atoms with Gasteiger partial charge in [0, 0.05) is 6.08 Å². The lowest BCUT2D eigenvalue weighted by Gasteiger charge is -2.45. The van der Waals surface area contributed by atoms with Gasteiger partial charge >= 0.3 is 5.97 Å². The molecule has 158 valence electrons. The van der Waals surface area contributed by atoms with Gasteiger partial charge in [-0.15, -0.1) is 0 Å². The van der Waals surface area contributed by atoms with E-state index in [-0.39, 0.29) is 17.1 Å². The Morgan fingerprint density at radius 2 is 1.47 bits per heavy atom. The first-order chi connectivity index (χ1) is 14.2. The predicted octanol–water partition coefficient (Wildman–Crippen LogP) is 4.79. The highest BCUT2D eigenvalue weighted by molar-refractivity contribution is 6.99. The largest absolute Gasteiger partial charge is 0.466 e. The van der Waals surface area contributed by atoms with E-state index in [1.165, 1.54) is 23.6 Å². The van der Waals surface area contributed by atoms with Crippen LogP contribution < -0.4 is 10.4 Å². The number of methoxy groups -OCH3 is 1. The SMILES string of the molecule is C=C(C)C(/C=C/C=C/C(=O)OC)O[Si](c1ccccc1)(c1ccccc1)C(C)(C)C. The Morgan fingerprint density at radius 3 is 1.87 bits per heavy atom. The first-order valence-corrected chi connectivity index (χ1v) is 12.0. The maximum absolute atomic E-state index is 11.3. The molecule has 0 heterocycles. The van der Waals surface area contributed by atoms with E-state index in [1.54, 1.807) is 6.08 Å². The molecular formula is C26H32O3Si. The summed E-state index contributed by atoms with van der Waals surface area (Å²) in [4.78, 5) is 11.3. The molecular weight excluding hydrogens is 388 g/mol. The minimum Gasteiger partial charge on any atom is -0.466 e. The summed E-state index contributed by atoms with van der Waals surface area (Å²) >= 11 is 0. The minimum absolute atomic E-state index is 0.126. The summed E-state index contributed by atoms with van der Waals surface area (Å²) in [5.41, 5.74) is 0.908. The minimum atomic E-state index is -2.69. The molecule has 1 unspecified atom stereocenters. The Labute approximate surface area is 181 Å². The molecule has 3 nitrogen and oxygen atoms in total. The highest BCUT2D eigenvalue weighted by Crippen LogP contribution is 2.38. The Kier molecular flexibility index (Phi) is 8.15. The molecule has 0 aromatic heterocycles. The van der Waals surface area contributed by atoms with E-state index >= 15 is 0 Å². The van der Waals surface area contributed by atoms with Gasteiger partial charge in [-0.3, -0.25) is 0 Å². The first-order valence-electron chi connectivity index (χ1n) is 10.1. The van der Waals surface area contributed by atoms with Gasteiger partial charge in [-0.1, -0.05) is 106 Å². The fourth-order valence-electron chi connectivity index (χ4n) is 3.55. The molecule has 4 heteroatoms. The summed E-state index contributed by atoms with van der Waals surface area (Å²) in [5.74, 6) is -0.389. The highest BCUT2D eigenvalue weighted by atomic mass is 28.4. The zero-order chi connectivity index (χ0) is 22.2. The van der Waals surface area contributed by atoms with Gasteiger partial charge in [0.25, 0.3) is 8.32 Å². The lowest BCUT2D eigenvalue weighted by Crippen LogP contribution is -2.67. The lowest BCUT2D eigenvalue weighted by molar-refractivity contribution is -0.134. The van der Waals surface area contributed by atoms with Crippen molar-refractivity contribution in [1.29, 1.82) is 0 Å². The predicted molar refractivity (Wildman–Crippen MR) is 128 cm³/mol. The van der Waals surface area contributed by atoms with Gasteiger partial charge in [-0.25, -0.2) is 4.79 Å². The number of ether oxygens (including phenoxy) is 1. The third-order valence-corrected chi connectivity index (χ3v) is 10.0. The van der Waals surface area contributed by atoms with Gasteiger partial charge in [0.1, 0.15) is 0 Å². The van der Waals surface area contributed by atoms with Crippen LogP contribution in [0.4, 0.5) is 0 Å². The molecule has 2 aromatic carbocycles. The van der Waals surface area contributed by atoms with Crippen molar-refractivity contribution in [2.45, 2.75) is 38.8 Å². The van der Waals surface area contributed by atoms with E-state index in [4.69, 9.17) is 4.43 Å². The van der Waals surface area contributed by atoms with Crippen molar-refractivity contribution in [3.8, 4) is 0 Å². The number of allylic oxidation sites excluding steroid dienone is 2. The van der Waals surface area contributed by atoms with Crippen LogP contribution in [0.3, 0.4) is 0 Å². The van der Waals surface area contributed by atoms with Crippen molar-refractivity contribution in [3.63, 3.8) is 0 Å². The topological polar surface area (TPSA) is 35.5 Å². The maximum Gasteiger partial charge on any atom is 0.330 e. The summed E-state index contributed by atoms with van der Waals surface area (Å²) in [6.07, 6.45) is 6.51. The fourth-order valence-corrected chi connectivity index (χ4v) is 8.23. The van der Waals surface area contributed by atoms with Gasteiger partial charge in [0.05, 0.1) is 13.2 Å². The molecule has 0 aliphatic carbocycles. The van der Waals surface area contributed by atoms with Crippen molar-refractivity contribution >= 4 is 24.7 Å². The van der Waals surface area contributed by atoms with Gasteiger partial charge in [0.2, 0.25) is 0 Å². The molecule has 0 saturated carbocycles. The number of carbonyl (C=O) groups is 1. The van der Waals surface area contributed by atoms with Crippen LogP contribution >= 0.6 is 0 Å². The van der Waals surface area contributed by atoms with E-state index in [9.17, 15) is 4.79 Å². The highest BCUT2D eigenvalue weighted by Gasteiger charge is 2.51. The lowest BCUT2D eigenvalue weighted by atomic mass is 10.2. The Balaban J connectivity index is 2.58. The smallest absolute Gasteiger partial charge is 0.330 e. The summed E-state index contributed by atoms with van der Waals surface area (Å²) in [5, 5.41) is 2.31. The van der Waals surface area contributed by atoms with Gasteiger partial charge in [0.15, 0.2) is 0 Å². The second-order valence-corrected chi connectivity index (χ2v) is 12.6. The van der Waals surface area contributed by atoms with Crippen molar-refractivity contribution in [1.82, 2.24) is 0 Å². The normalized spacial score (nSPS) is 13.5. The summed E-state index contributed by atoms with van der Waals surface area (Å²) in [6, 6.07) is 21.0. The average molecular weight is 421 g/mol. The van der Waals surface area contributed by atoms with Crippen molar-refractivity contribution in [2.75, 3.05) is 7.11 Å². The van der Waals surface area contributed by atoms with Crippen LogP contribution in [0.25, 0.3) is 0 Å². The summed E-state index contributed by atoms with van der Waals surface area (Å²) in [7, 11) is -1.33. The van der Waals surface area contributed by atoms with Crippen LogP contribution in [0, 0.1) is 0 Å². The third kappa shape index (κ3) is 5.46. The maximum atomic E-state index is 11.3. The van der Waals surface area contributed by atoms with E-state index in [2.05, 4.69) is 80.6 Å². The number of hydrogen-bond donors (Lipinski definition) is 0. The molecule has 2 aromatic rings. The van der Waals surface area contributed by atoms with Crippen LogP contribution in [0.1, 0.15) is 27.7 Å². The number of rotatable bonds is 8. The van der Waals surface area contributed by atoms with Crippen molar-refractivity contribution < 1.29 is 14.0 Å². The van der Waals surface area contributed by atoms with Crippen LogP contribution in [-0.2, 0) is 14.0 Å². The van der Waals surface area contributed by atoms with Crippen LogP contribution in [0.2, 0.25) is 5.04 Å². The van der Waals surface area contributed by atoms with Gasteiger partial charge in [-0.2, -0.15) is 0 Å². The number of carbonyl (C=O) groups excluding carboxylic acids is 1. The van der Waals surface area contributed by atoms with E-state index in [1.807, 2.05) is 31.2 Å². The molecule has 0 spiro atoms. The molecule has 0 radical (unpaired) electrons. The molecule has 0 fully saturated rings. The average Bonchev–Trinajstić information content (AvgIpc) is 2.73. The van der Waals surface area contributed by atoms with E-state index in [0.717, 1.165) is 5.57 Å². The molecule has 0 saturated heterocycles. The van der Waals surface area contributed by atoms with Crippen LogP contribution in [-0.4, -0.2) is 27.5 Å². The fraction of sp³-hybridized carbons (Fsp3) is 0.269. The quantitative estimate of drug-likeness (QED) is 0.202.